The Morgan fingerprint density at radius 1 is 0.800 bits per heavy atom. The van der Waals surface area contributed by atoms with Gasteiger partial charge in [-0.25, -0.2) is 12.1 Å². The van der Waals surface area contributed by atoms with Crippen LogP contribution in [0.3, 0.4) is 0 Å². The normalized spacial score (nSPS) is 9.55. The Kier molecular flexibility index (Phi) is 22.0. The molecule has 0 saturated carbocycles. The minimum absolute atomic E-state index is 0. The fourth-order valence-corrected chi connectivity index (χ4v) is 4.33. The second kappa shape index (κ2) is 15.5. The van der Waals surface area contributed by atoms with Gasteiger partial charge >= 0.3 is 29.9 Å². The summed E-state index contributed by atoms with van der Waals surface area (Å²) in [6.45, 7) is 7.83. The van der Waals surface area contributed by atoms with E-state index in [9.17, 15) is 0 Å². The van der Waals surface area contributed by atoms with E-state index in [0.717, 1.165) is 6.04 Å². The first-order valence-electron chi connectivity index (χ1n) is 5.88. The van der Waals surface area contributed by atoms with Crippen molar-refractivity contribution in [3.63, 3.8) is 0 Å². The molecule has 0 aliphatic heterocycles. The van der Waals surface area contributed by atoms with Crippen LogP contribution < -0.4 is 0 Å². The summed E-state index contributed by atoms with van der Waals surface area (Å²) in [5.74, 6) is 0. The maximum atomic E-state index is 5.78. The van der Waals surface area contributed by atoms with Crippen molar-refractivity contribution >= 4 is 8.80 Å². The van der Waals surface area contributed by atoms with Crippen molar-refractivity contribution in [1.29, 1.82) is 0 Å². The fourth-order valence-electron chi connectivity index (χ4n) is 1.72. The Hall–Kier alpha value is 0.135. The Morgan fingerprint density at radius 3 is 1.45 bits per heavy atom. The number of rotatable bonds is 8. The summed E-state index contributed by atoms with van der Waals surface area (Å²) in [6, 6.07) is 8.98. The van der Waals surface area contributed by atoms with Gasteiger partial charge in [0.05, 0.1) is 0 Å². The summed E-state index contributed by atoms with van der Waals surface area (Å²) in [5, 5.41) is 0. The van der Waals surface area contributed by atoms with Gasteiger partial charge in [-0.1, -0.05) is 0 Å². The molecule has 20 heavy (non-hydrogen) atoms. The van der Waals surface area contributed by atoms with Crippen LogP contribution in [0.15, 0.2) is 24.3 Å². The largest absolute Gasteiger partial charge is 4.00 e. The van der Waals surface area contributed by atoms with E-state index in [1.165, 1.54) is 5.56 Å². The van der Waals surface area contributed by atoms with Gasteiger partial charge in [0.1, 0.15) is 0 Å². The van der Waals surface area contributed by atoms with Gasteiger partial charge in [0.2, 0.25) is 0 Å². The third kappa shape index (κ3) is 9.14. The van der Waals surface area contributed by atoms with Crippen LogP contribution in [-0.2, 0) is 40.4 Å². The van der Waals surface area contributed by atoms with E-state index < -0.39 is 8.80 Å². The van der Waals surface area contributed by atoms with Crippen LogP contribution in [0.1, 0.15) is 26.3 Å². The van der Waals surface area contributed by atoms with Crippen molar-refractivity contribution in [2.75, 3.05) is 19.8 Å². The molecule has 0 atom stereocenters. The van der Waals surface area contributed by atoms with Crippen LogP contribution in [0.2, 0.25) is 0 Å². The molecule has 0 aliphatic rings. The summed E-state index contributed by atoms with van der Waals surface area (Å²) < 4.78 is 17.3. The summed E-state index contributed by atoms with van der Waals surface area (Å²) in [7, 11) is -2.50. The van der Waals surface area contributed by atoms with E-state index in [0.29, 0.717) is 19.8 Å². The molecule has 0 bridgehead atoms. The predicted octanol–water partition coefficient (Wildman–Crippen LogP) is 3.88. The first-order chi connectivity index (χ1) is 7.76. The smallest absolute Gasteiger partial charge is 0.374 e. The van der Waals surface area contributed by atoms with Crippen LogP contribution in [-0.4, -0.2) is 28.6 Å². The SMILES string of the molecule is CCO[Si](C[c-]1cccc1)(OCC)OCC.[CH3-].[CH3-].[CH3-].[Pt+4]. The molecule has 0 heterocycles. The molecule has 1 rings (SSSR count). The molecule has 0 spiro atoms. The molecule has 3 nitrogen and oxygen atoms in total. The van der Waals surface area contributed by atoms with Gasteiger partial charge in [-0.15, -0.1) is 0 Å². The predicted molar refractivity (Wildman–Crippen MR) is 85.6 cm³/mol. The van der Waals surface area contributed by atoms with Crippen LogP contribution in [0, 0.1) is 22.3 Å². The van der Waals surface area contributed by atoms with Crippen molar-refractivity contribution in [1.82, 2.24) is 0 Å². The fraction of sp³-hybridized carbons (Fsp3) is 0.467. The molecule has 1 aromatic rings. The van der Waals surface area contributed by atoms with Crippen LogP contribution in [0.5, 0.6) is 0 Å². The molecule has 122 valence electrons. The van der Waals surface area contributed by atoms with Gasteiger partial charge in [0.25, 0.3) is 0 Å². The standard InChI is InChI=1S/C12H21O3Si.3CH3.Pt/c1-4-13-16(14-5-2,15-6-3)11-12-9-7-8-10-12;;;;/h7-10H,4-6,11H2,1-3H3;3*1H3;/q4*-1;+4. The van der Waals surface area contributed by atoms with Crippen LogP contribution >= 0.6 is 0 Å². The zero-order chi connectivity index (χ0) is 11.9. The van der Waals surface area contributed by atoms with E-state index in [-0.39, 0.29) is 43.3 Å². The number of hydrogen-bond acceptors (Lipinski definition) is 3. The summed E-state index contributed by atoms with van der Waals surface area (Å²) in [5.41, 5.74) is 1.22. The van der Waals surface area contributed by atoms with Gasteiger partial charge in [0.15, 0.2) is 0 Å². The molecule has 0 saturated heterocycles. The zero-order valence-electron chi connectivity index (χ0n) is 13.7. The van der Waals surface area contributed by atoms with Crippen molar-refractivity contribution in [2.45, 2.75) is 26.8 Å². The van der Waals surface area contributed by atoms with Gasteiger partial charge in [0, 0.05) is 19.8 Å². The maximum Gasteiger partial charge on any atom is 4.00 e. The minimum Gasteiger partial charge on any atom is -0.374 e. The molecule has 0 fully saturated rings. The molecule has 0 amide bonds. The van der Waals surface area contributed by atoms with Crippen molar-refractivity contribution < 1.29 is 34.3 Å². The van der Waals surface area contributed by atoms with E-state index in [4.69, 9.17) is 13.3 Å². The van der Waals surface area contributed by atoms with E-state index in [1.807, 2.05) is 32.9 Å². The Balaban J connectivity index is -0.000000320. The van der Waals surface area contributed by atoms with Gasteiger partial charge in [-0.3, -0.25) is 0 Å². The topological polar surface area (TPSA) is 27.7 Å². The Morgan fingerprint density at radius 2 is 1.15 bits per heavy atom. The number of hydrogen-bond donors (Lipinski definition) is 0. The summed E-state index contributed by atoms with van der Waals surface area (Å²) in [6.07, 6.45) is 0. The van der Waals surface area contributed by atoms with E-state index >= 15 is 0 Å². The second-order valence-corrected chi connectivity index (χ2v) is 6.04. The molecule has 0 N–H and O–H groups in total. The van der Waals surface area contributed by atoms with E-state index in [1.54, 1.807) is 0 Å². The van der Waals surface area contributed by atoms with E-state index in [2.05, 4.69) is 12.1 Å². The molecular weight excluding hydrogens is 451 g/mol. The maximum absolute atomic E-state index is 5.78. The molecule has 5 heteroatoms. The Bertz CT molecular complexity index is 262. The van der Waals surface area contributed by atoms with Crippen LogP contribution in [0.4, 0.5) is 0 Å². The molecular formula is C15H30O3PtSi. The molecule has 1 aromatic carbocycles. The van der Waals surface area contributed by atoms with Gasteiger partial charge < -0.3 is 35.6 Å². The second-order valence-electron chi connectivity index (χ2n) is 3.45. The first kappa shape index (κ1) is 28.3. The van der Waals surface area contributed by atoms with Crippen LogP contribution in [0.25, 0.3) is 0 Å². The monoisotopic (exact) mass is 481 g/mol. The van der Waals surface area contributed by atoms with Gasteiger partial charge in [-0.05, 0) is 26.8 Å². The minimum atomic E-state index is -2.50. The van der Waals surface area contributed by atoms with Crippen molar-refractivity contribution in [2.24, 2.45) is 0 Å². The average molecular weight is 482 g/mol. The average Bonchev–Trinajstić information content (AvgIpc) is 2.71. The van der Waals surface area contributed by atoms with Crippen molar-refractivity contribution in [3.8, 4) is 0 Å². The Labute approximate surface area is 142 Å². The molecule has 0 unspecified atom stereocenters. The third-order valence-corrected chi connectivity index (χ3v) is 5.27. The zero-order valence-corrected chi connectivity index (χ0v) is 17.0. The quantitative estimate of drug-likeness (QED) is 0.417. The molecule has 0 aliphatic carbocycles. The summed E-state index contributed by atoms with van der Waals surface area (Å²) >= 11 is 0. The summed E-state index contributed by atoms with van der Waals surface area (Å²) in [4.78, 5) is 0. The molecule has 0 aromatic heterocycles. The first-order valence-corrected chi connectivity index (χ1v) is 7.82. The van der Waals surface area contributed by atoms with Gasteiger partial charge in [-0.2, -0.15) is 17.7 Å². The molecule has 0 radical (unpaired) electrons. The van der Waals surface area contributed by atoms with Crippen molar-refractivity contribution in [3.05, 3.63) is 52.1 Å². The third-order valence-electron chi connectivity index (χ3n) is 2.25.